The number of hydrogen-bond acceptors (Lipinski definition) is 3. The number of aryl methyl sites for hydroxylation is 2. The normalized spacial score (nSPS) is 13.0. The lowest BCUT2D eigenvalue weighted by Gasteiger charge is -2.11. The fourth-order valence-corrected chi connectivity index (χ4v) is 4.09. The second kappa shape index (κ2) is 4.88. The molecule has 1 N–H and O–H groups in total. The fourth-order valence-electron chi connectivity index (χ4n) is 1.65. The highest BCUT2D eigenvalue weighted by Crippen LogP contribution is 2.35. The van der Waals surface area contributed by atoms with E-state index in [1.165, 1.54) is 20.2 Å². The van der Waals surface area contributed by atoms with Gasteiger partial charge in [-0.15, -0.1) is 22.7 Å². The molecule has 0 aliphatic rings. The van der Waals surface area contributed by atoms with E-state index >= 15 is 0 Å². The van der Waals surface area contributed by atoms with E-state index in [1.54, 1.807) is 11.3 Å². The predicted molar refractivity (Wildman–Crippen MR) is 74.0 cm³/mol. The first-order valence-corrected chi connectivity index (χ1v) is 7.12. The summed E-state index contributed by atoms with van der Waals surface area (Å²) in [6, 6.07) is 6.59. The molecule has 2 rings (SSSR count). The lowest BCUT2D eigenvalue weighted by Crippen LogP contribution is -2.14. The van der Waals surface area contributed by atoms with E-state index in [4.69, 9.17) is 11.6 Å². The minimum absolute atomic E-state index is 0.273. The van der Waals surface area contributed by atoms with Crippen LogP contribution in [0.4, 0.5) is 0 Å². The van der Waals surface area contributed by atoms with Crippen LogP contribution in [0.1, 0.15) is 26.2 Å². The molecule has 86 valence electrons. The summed E-state index contributed by atoms with van der Waals surface area (Å²) >= 11 is 9.47. The highest BCUT2D eigenvalue weighted by Gasteiger charge is 2.16. The van der Waals surface area contributed by atoms with Gasteiger partial charge in [0.25, 0.3) is 0 Å². The van der Waals surface area contributed by atoms with Crippen LogP contribution in [0.2, 0.25) is 4.34 Å². The Morgan fingerprint density at radius 1 is 1.19 bits per heavy atom. The second-order valence-corrected chi connectivity index (χ2v) is 6.79. The van der Waals surface area contributed by atoms with E-state index < -0.39 is 0 Å². The van der Waals surface area contributed by atoms with Crippen molar-refractivity contribution in [2.75, 3.05) is 7.05 Å². The van der Waals surface area contributed by atoms with Gasteiger partial charge in [-0.1, -0.05) is 11.6 Å². The molecule has 2 aromatic heterocycles. The highest BCUT2D eigenvalue weighted by molar-refractivity contribution is 7.16. The van der Waals surface area contributed by atoms with E-state index in [9.17, 15) is 0 Å². The molecule has 0 aliphatic heterocycles. The van der Waals surface area contributed by atoms with Gasteiger partial charge in [-0.2, -0.15) is 0 Å². The van der Waals surface area contributed by atoms with Gasteiger partial charge < -0.3 is 5.32 Å². The number of rotatable bonds is 3. The summed E-state index contributed by atoms with van der Waals surface area (Å²) in [4.78, 5) is 4.02. The fraction of sp³-hybridized carbons (Fsp3) is 0.333. The van der Waals surface area contributed by atoms with Crippen LogP contribution >= 0.6 is 34.3 Å². The van der Waals surface area contributed by atoms with Crippen LogP contribution in [-0.2, 0) is 0 Å². The smallest absolute Gasteiger partial charge is 0.0931 e. The average molecular weight is 272 g/mol. The van der Waals surface area contributed by atoms with Crippen LogP contribution in [0.25, 0.3) is 0 Å². The van der Waals surface area contributed by atoms with Crippen molar-refractivity contribution in [3.05, 3.63) is 42.7 Å². The molecule has 16 heavy (non-hydrogen) atoms. The quantitative estimate of drug-likeness (QED) is 0.873. The minimum atomic E-state index is 0.273. The lowest BCUT2D eigenvalue weighted by molar-refractivity contribution is 0.716. The molecule has 2 heterocycles. The summed E-state index contributed by atoms with van der Waals surface area (Å²) in [6.07, 6.45) is 0. The highest BCUT2D eigenvalue weighted by atomic mass is 35.5. The molecule has 0 radical (unpaired) electrons. The number of halogens is 1. The topological polar surface area (TPSA) is 12.0 Å². The van der Waals surface area contributed by atoms with Crippen molar-refractivity contribution in [1.29, 1.82) is 0 Å². The van der Waals surface area contributed by atoms with Crippen LogP contribution in [0.3, 0.4) is 0 Å². The number of hydrogen-bond donors (Lipinski definition) is 1. The van der Waals surface area contributed by atoms with E-state index in [2.05, 4.69) is 31.3 Å². The Morgan fingerprint density at radius 3 is 2.38 bits per heavy atom. The summed E-state index contributed by atoms with van der Waals surface area (Å²) in [7, 11) is 1.99. The summed E-state index contributed by atoms with van der Waals surface area (Å²) in [6.45, 7) is 4.32. The summed E-state index contributed by atoms with van der Waals surface area (Å²) in [5.41, 5.74) is 1.36. The second-order valence-electron chi connectivity index (χ2n) is 3.75. The molecule has 2 aromatic rings. The van der Waals surface area contributed by atoms with E-state index in [1.807, 2.05) is 24.5 Å². The van der Waals surface area contributed by atoms with Crippen molar-refractivity contribution in [1.82, 2.24) is 5.32 Å². The number of thiophene rings is 2. The predicted octanol–water partition coefficient (Wildman–Crippen LogP) is 4.39. The van der Waals surface area contributed by atoms with Crippen molar-refractivity contribution < 1.29 is 0 Å². The molecule has 1 atom stereocenters. The maximum atomic E-state index is 5.98. The molecule has 0 fully saturated rings. The van der Waals surface area contributed by atoms with Gasteiger partial charge in [-0.3, -0.25) is 0 Å². The zero-order valence-electron chi connectivity index (χ0n) is 9.50. The van der Waals surface area contributed by atoms with Gasteiger partial charge in [0.2, 0.25) is 0 Å². The molecule has 0 spiro atoms. The zero-order chi connectivity index (χ0) is 11.7. The average Bonchev–Trinajstić information content (AvgIpc) is 2.77. The third kappa shape index (κ3) is 2.33. The molecule has 0 aliphatic carbocycles. The van der Waals surface area contributed by atoms with Crippen molar-refractivity contribution in [3.63, 3.8) is 0 Å². The van der Waals surface area contributed by atoms with Crippen LogP contribution in [0, 0.1) is 13.8 Å². The summed E-state index contributed by atoms with van der Waals surface area (Å²) in [5, 5.41) is 3.35. The van der Waals surface area contributed by atoms with Gasteiger partial charge in [0, 0.05) is 14.6 Å². The Labute approximate surface area is 109 Å². The van der Waals surface area contributed by atoms with Gasteiger partial charge in [-0.05, 0) is 44.7 Å². The van der Waals surface area contributed by atoms with Crippen LogP contribution in [0.5, 0.6) is 0 Å². The molecule has 0 amide bonds. The maximum Gasteiger partial charge on any atom is 0.0931 e. The van der Waals surface area contributed by atoms with E-state index in [-0.39, 0.29) is 6.04 Å². The first-order chi connectivity index (χ1) is 7.61. The molecular formula is C12H14ClNS2. The molecule has 0 aromatic carbocycles. The van der Waals surface area contributed by atoms with E-state index in [0.29, 0.717) is 0 Å². The maximum absolute atomic E-state index is 5.98. The van der Waals surface area contributed by atoms with Crippen molar-refractivity contribution in [3.8, 4) is 0 Å². The standard InChI is InChI=1S/C12H14ClNS2/c1-7-6-10(15-8(7)2)12(14-3)9-4-5-11(13)16-9/h4-6,12,14H,1-3H3. The minimum Gasteiger partial charge on any atom is -0.308 e. The Kier molecular flexibility index (Phi) is 3.70. The molecule has 1 nitrogen and oxygen atoms in total. The SMILES string of the molecule is CNC(c1ccc(Cl)s1)c1cc(C)c(C)s1. The first kappa shape index (κ1) is 12.1. The number of nitrogens with one attached hydrogen (secondary N) is 1. The lowest BCUT2D eigenvalue weighted by atomic mass is 10.2. The monoisotopic (exact) mass is 271 g/mol. The Bertz CT molecular complexity index is 467. The third-order valence-electron chi connectivity index (χ3n) is 2.64. The Balaban J connectivity index is 2.36. The van der Waals surface area contributed by atoms with Crippen LogP contribution in [0.15, 0.2) is 18.2 Å². The largest absolute Gasteiger partial charge is 0.308 e. The molecule has 0 bridgehead atoms. The third-order valence-corrected chi connectivity index (χ3v) is 5.15. The molecule has 0 saturated carbocycles. The van der Waals surface area contributed by atoms with Gasteiger partial charge in [0.15, 0.2) is 0 Å². The van der Waals surface area contributed by atoms with Gasteiger partial charge in [0.05, 0.1) is 10.4 Å². The molecule has 1 unspecified atom stereocenters. The Morgan fingerprint density at radius 2 is 1.94 bits per heavy atom. The van der Waals surface area contributed by atoms with Gasteiger partial charge in [0.1, 0.15) is 0 Å². The van der Waals surface area contributed by atoms with Crippen LogP contribution < -0.4 is 5.32 Å². The molecular weight excluding hydrogens is 258 g/mol. The van der Waals surface area contributed by atoms with Crippen LogP contribution in [-0.4, -0.2) is 7.05 Å². The van der Waals surface area contributed by atoms with E-state index in [0.717, 1.165) is 4.34 Å². The van der Waals surface area contributed by atoms with Gasteiger partial charge in [-0.25, -0.2) is 0 Å². The van der Waals surface area contributed by atoms with Crippen molar-refractivity contribution >= 4 is 34.3 Å². The zero-order valence-corrected chi connectivity index (χ0v) is 11.9. The summed E-state index contributed by atoms with van der Waals surface area (Å²) in [5.74, 6) is 0. The Hall–Kier alpha value is -0.350. The first-order valence-electron chi connectivity index (χ1n) is 5.11. The van der Waals surface area contributed by atoms with Gasteiger partial charge >= 0.3 is 0 Å². The molecule has 4 heteroatoms. The summed E-state index contributed by atoms with van der Waals surface area (Å²) < 4.78 is 0.847. The molecule has 0 saturated heterocycles. The van der Waals surface area contributed by atoms with Crippen molar-refractivity contribution in [2.45, 2.75) is 19.9 Å². The van der Waals surface area contributed by atoms with Crippen molar-refractivity contribution in [2.24, 2.45) is 0 Å².